The van der Waals surface area contributed by atoms with E-state index in [1.165, 1.54) is 16.2 Å². The molecule has 1 aliphatic heterocycles. The number of rotatable bonds is 4. The summed E-state index contributed by atoms with van der Waals surface area (Å²) in [5.74, 6) is 0.159. The molecule has 2 aliphatic rings. The van der Waals surface area contributed by atoms with Gasteiger partial charge in [-0.05, 0) is 43.4 Å². The summed E-state index contributed by atoms with van der Waals surface area (Å²) in [7, 11) is 0. The van der Waals surface area contributed by atoms with E-state index in [1.807, 2.05) is 6.92 Å². The fourth-order valence-corrected chi connectivity index (χ4v) is 4.80. The third-order valence-corrected chi connectivity index (χ3v) is 6.09. The van der Waals surface area contributed by atoms with Gasteiger partial charge in [-0.1, -0.05) is 6.92 Å². The number of nitrogen functional groups attached to an aromatic ring is 1. The number of carbonyl (C=O) groups is 2. The molecule has 0 bridgehead atoms. The highest BCUT2D eigenvalue weighted by Crippen LogP contribution is 2.39. The van der Waals surface area contributed by atoms with Crippen LogP contribution in [0.1, 0.15) is 35.8 Å². The molecule has 2 amide bonds. The number of nitrogens with two attached hydrogens (primary N) is 1. The lowest BCUT2D eigenvalue weighted by Crippen LogP contribution is -2.49. The van der Waals surface area contributed by atoms with Gasteiger partial charge in [0.1, 0.15) is 23.4 Å². The molecule has 9 heteroatoms. The van der Waals surface area contributed by atoms with Crippen molar-refractivity contribution in [1.82, 2.24) is 4.98 Å². The summed E-state index contributed by atoms with van der Waals surface area (Å²) in [6.07, 6.45) is 2.62. The molecular weight excluding hydrogens is 378 g/mol. The Bertz CT molecular complexity index is 1010. The smallest absolute Gasteiger partial charge is 0.269 e. The number of ether oxygens (including phenoxy) is 1. The van der Waals surface area contributed by atoms with Crippen molar-refractivity contribution in [3.63, 3.8) is 0 Å². The van der Waals surface area contributed by atoms with Crippen LogP contribution in [0.2, 0.25) is 0 Å². The van der Waals surface area contributed by atoms with Crippen LogP contribution >= 0.6 is 11.3 Å². The number of hydrogen-bond donors (Lipinski definition) is 2. The predicted molar refractivity (Wildman–Crippen MR) is 105 cm³/mol. The van der Waals surface area contributed by atoms with E-state index in [0.717, 1.165) is 29.7 Å². The number of aryl methyl sites for hydroxylation is 1. The van der Waals surface area contributed by atoms with E-state index in [1.54, 1.807) is 12.1 Å². The quantitative estimate of drug-likeness (QED) is 0.816. The molecule has 8 nitrogen and oxygen atoms in total. The molecule has 0 spiro atoms. The van der Waals surface area contributed by atoms with E-state index in [9.17, 15) is 14.9 Å². The molecule has 28 heavy (non-hydrogen) atoms. The first kappa shape index (κ1) is 18.3. The van der Waals surface area contributed by atoms with Crippen LogP contribution in [0.4, 0.5) is 16.6 Å². The van der Waals surface area contributed by atoms with Crippen molar-refractivity contribution in [1.29, 1.82) is 5.26 Å². The third kappa shape index (κ3) is 3.05. The summed E-state index contributed by atoms with van der Waals surface area (Å²) in [6, 6.07) is 5.44. The number of aromatic nitrogens is 1. The first-order chi connectivity index (χ1) is 13.5. The van der Waals surface area contributed by atoms with Crippen LogP contribution in [0.15, 0.2) is 12.1 Å². The van der Waals surface area contributed by atoms with Crippen LogP contribution in [0.25, 0.3) is 0 Å². The molecule has 0 saturated heterocycles. The number of amides is 2. The van der Waals surface area contributed by atoms with Crippen LogP contribution in [-0.4, -0.2) is 29.4 Å². The van der Waals surface area contributed by atoms with Crippen LogP contribution in [-0.2, 0) is 22.4 Å². The molecule has 1 atom stereocenters. The molecule has 2 aromatic rings. The Balaban J connectivity index is 1.58. The van der Waals surface area contributed by atoms with E-state index in [0.29, 0.717) is 22.7 Å². The monoisotopic (exact) mass is 397 g/mol. The minimum atomic E-state index is -0.675. The molecule has 2 aromatic heterocycles. The van der Waals surface area contributed by atoms with Gasteiger partial charge in [0.2, 0.25) is 5.91 Å². The van der Waals surface area contributed by atoms with Gasteiger partial charge in [-0.15, -0.1) is 11.3 Å². The average molecular weight is 397 g/mol. The van der Waals surface area contributed by atoms with Gasteiger partial charge < -0.3 is 15.8 Å². The second kappa shape index (κ2) is 7.13. The summed E-state index contributed by atoms with van der Waals surface area (Å²) in [5.41, 5.74) is 7.32. The molecule has 0 saturated carbocycles. The first-order valence-corrected chi connectivity index (χ1v) is 9.92. The molecular formula is C19H19N5O3S. The van der Waals surface area contributed by atoms with E-state index in [2.05, 4.69) is 16.4 Å². The lowest BCUT2D eigenvalue weighted by Gasteiger charge is -2.32. The van der Waals surface area contributed by atoms with Crippen molar-refractivity contribution in [3.8, 4) is 11.8 Å². The molecule has 0 radical (unpaired) electrons. The Labute approximate surface area is 165 Å². The highest BCUT2D eigenvalue weighted by molar-refractivity contribution is 7.16. The molecule has 0 aromatic carbocycles. The summed E-state index contributed by atoms with van der Waals surface area (Å²) in [6.45, 7) is 1.61. The number of fused-ring (bicyclic) bond motifs is 2. The predicted octanol–water partition coefficient (Wildman–Crippen LogP) is 2.23. The zero-order chi connectivity index (χ0) is 19.8. The summed E-state index contributed by atoms with van der Waals surface area (Å²) in [5, 5.41) is 12.8. The van der Waals surface area contributed by atoms with Crippen LogP contribution in [0, 0.1) is 11.3 Å². The van der Waals surface area contributed by atoms with E-state index in [4.69, 9.17) is 10.5 Å². The number of thiophene rings is 1. The lowest BCUT2D eigenvalue weighted by molar-refractivity contribution is -0.128. The van der Waals surface area contributed by atoms with Gasteiger partial charge in [0.15, 0.2) is 17.7 Å². The maximum absolute atomic E-state index is 12.7. The second-order valence-electron chi connectivity index (χ2n) is 6.72. The Hall–Kier alpha value is -3.12. The topological polar surface area (TPSA) is 121 Å². The van der Waals surface area contributed by atoms with Gasteiger partial charge in [-0.3, -0.25) is 14.5 Å². The zero-order valence-corrected chi connectivity index (χ0v) is 16.1. The number of anilines is 3. The minimum Gasteiger partial charge on any atom is -0.477 e. The van der Waals surface area contributed by atoms with Crippen molar-refractivity contribution >= 4 is 39.8 Å². The highest BCUT2D eigenvalue weighted by atomic mass is 32.1. The van der Waals surface area contributed by atoms with Gasteiger partial charge >= 0.3 is 0 Å². The number of nitrogens with zero attached hydrogens (tertiary/aromatic N) is 3. The molecule has 0 fully saturated rings. The molecule has 1 unspecified atom stereocenters. The van der Waals surface area contributed by atoms with Crippen molar-refractivity contribution in [2.24, 2.45) is 0 Å². The molecule has 144 valence electrons. The van der Waals surface area contributed by atoms with E-state index >= 15 is 0 Å². The van der Waals surface area contributed by atoms with Crippen molar-refractivity contribution in [2.75, 3.05) is 22.5 Å². The van der Waals surface area contributed by atoms with Crippen LogP contribution < -0.4 is 20.7 Å². The first-order valence-electron chi connectivity index (χ1n) is 9.10. The number of carbonyl (C=O) groups excluding carboxylic acids is 2. The summed E-state index contributed by atoms with van der Waals surface area (Å²) >= 11 is 1.44. The van der Waals surface area contributed by atoms with E-state index in [-0.39, 0.29) is 24.1 Å². The molecule has 1 aliphatic carbocycles. The van der Waals surface area contributed by atoms with Crippen LogP contribution in [0.3, 0.4) is 0 Å². The van der Waals surface area contributed by atoms with Crippen LogP contribution in [0.5, 0.6) is 5.75 Å². The SMILES string of the molecule is CCC1Oc2ccc(N)nc2N(CC(=O)Nc2sc3c(c2C#N)CCC3)C1=O. The fourth-order valence-electron chi connectivity index (χ4n) is 3.55. The van der Waals surface area contributed by atoms with Crippen molar-refractivity contribution < 1.29 is 14.3 Å². The van der Waals surface area contributed by atoms with Gasteiger partial charge in [-0.2, -0.15) is 5.26 Å². The number of nitriles is 1. The van der Waals surface area contributed by atoms with Crippen molar-refractivity contribution in [2.45, 2.75) is 38.7 Å². The highest BCUT2D eigenvalue weighted by Gasteiger charge is 2.36. The zero-order valence-electron chi connectivity index (χ0n) is 15.3. The fraction of sp³-hybridized carbons (Fsp3) is 0.368. The number of hydrogen-bond acceptors (Lipinski definition) is 7. The Kier molecular flexibility index (Phi) is 4.65. The summed E-state index contributed by atoms with van der Waals surface area (Å²) in [4.78, 5) is 32.1. The largest absolute Gasteiger partial charge is 0.477 e. The Morgan fingerprint density at radius 3 is 3.07 bits per heavy atom. The second-order valence-corrected chi connectivity index (χ2v) is 7.82. The van der Waals surface area contributed by atoms with Gasteiger partial charge in [0, 0.05) is 4.88 Å². The number of pyridine rings is 1. The van der Waals surface area contributed by atoms with Gasteiger partial charge in [-0.25, -0.2) is 4.98 Å². The van der Waals surface area contributed by atoms with Gasteiger partial charge in [0.25, 0.3) is 5.91 Å². The van der Waals surface area contributed by atoms with Crippen molar-refractivity contribution in [3.05, 3.63) is 28.1 Å². The maximum atomic E-state index is 12.7. The minimum absolute atomic E-state index is 0.227. The number of nitrogens with one attached hydrogen (secondary N) is 1. The normalized spacial score (nSPS) is 17.5. The Morgan fingerprint density at radius 1 is 1.50 bits per heavy atom. The maximum Gasteiger partial charge on any atom is 0.269 e. The standard InChI is InChI=1S/C19H19N5O3S/c1-2-12-19(26)24(17-13(27-12)6-7-15(21)22-17)9-16(25)23-18-11(8-20)10-4-3-5-14(10)28-18/h6-7,12H,2-5,9H2,1H3,(H2,21,22)(H,23,25). The van der Waals surface area contributed by atoms with E-state index < -0.39 is 12.0 Å². The average Bonchev–Trinajstić information content (AvgIpc) is 3.24. The third-order valence-electron chi connectivity index (χ3n) is 4.89. The van der Waals surface area contributed by atoms with Gasteiger partial charge in [0.05, 0.1) is 5.56 Å². The molecule has 3 N–H and O–H groups in total. The molecule has 3 heterocycles. The summed E-state index contributed by atoms with van der Waals surface area (Å²) < 4.78 is 5.67. The molecule has 4 rings (SSSR count). The lowest BCUT2D eigenvalue weighted by atomic mass is 10.1. The Morgan fingerprint density at radius 2 is 2.32 bits per heavy atom.